The highest BCUT2D eigenvalue weighted by Crippen LogP contribution is 2.18. The van der Waals surface area contributed by atoms with Crippen LogP contribution in [-0.2, 0) is 22.4 Å². The number of nitrogens with zero attached hydrogens (tertiary/aromatic N) is 1. The van der Waals surface area contributed by atoms with Crippen LogP contribution < -0.4 is 10.6 Å². The normalized spacial score (nSPS) is 11.1. The molecule has 0 radical (unpaired) electrons. The first-order chi connectivity index (χ1) is 15.2. The Morgan fingerprint density at radius 1 is 1.06 bits per heavy atom. The van der Waals surface area contributed by atoms with Crippen molar-refractivity contribution in [3.63, 3.8) is 0 Å². The predicted octanol–water partition coefficient (Wildman–Crippen LogP) is 4.18. The molecule has 0 atom stereocenters. The fourth-order valence-electron chi connectivity index (χ4n) is 3.23. The van der Waals surface area contributed by atoms with Crippen molar-refractivity contribution < 1.29 is 9.59 Å². The molecule has 2 aromatic heterocycles. The highest BCUT2D eigenvalue weighted by Gasteiger charge is 2.09. The average Bonchev–Trinajstić information content (AvgIpc) is 3.40. The van der Waals surface area contributed by atoms with Crippen LogP contribution in [0.25, 0.3) is 17.0 Å². The fraction of sp³-hybridized carbons (Fsp3) is 0.125. The zero-order chi connectivity index (χ0) is 21.5. The van der Waals surface area contributed by atoms with Crippen LogP contribution in [0.2, 0.25) is 0 Å². The predicted molar refractivity (Wildman–Crippen MR) is 125 cm³/mol. The third-order valence-corrected chi connectivity index (χ3v) is 5.55. The second-order valence-electron chi connectivity index (χ2n) is 7.01. The molecule has 4 aromatic rings. The molecular weight excluding hydrogens is 408 g/mol. The van der Waals surface area contributed by atoms with Gasteiger partial charge in [-0.15, -0.1) is 11.3 Å². The van der Waals surface area contributed by atoms with E-state index < -0.39 is 0 Å². The molecule has 156 valence electrons. The molecule has 0 aliphatic rings. The number of thiazole rings is 1. The number of carbonyl (C=O) groups is 2. The van der Waals surface area contributed by atoms with Crippen molar-refractivity contribution in [3.8, 4) is 0 Å². The number of benzene rings is 2. The van der Waals surface area contributed by atoms with E-state index >= 15 is 0 Å². The van der Waals surface area contributed by atoms with Gasteiger partial charge in [-0.2, -0.15) is 0 Å². The molecule has 3 N–H and O–H groups in total. The molecule has 4 rings (SSSR count). The van der Waals surface area contributed by atoms with Gasteiger partial charge in [-0.1, -0.05) is 48.5 Å². The Morgan fingerprint density at radius 3 is 2.74 bits per heavy atom. The Hall–Kier alpha value is -3.71. The first-order valence-corrected chi connectivity index (χ1v) is 10.9. The van der Waals surface area contributed by atoms with E-state index in [1.54, 1.807) is 11.5 Å². The minimum Gasteiger partial charge on any atom is -0.361 e. The number of amides is 2. The van der Waals surface area contributed by atoms with Crippen molar-refractivity contribution in [2.45, 2.75) is 12.8 Å². The molecule has 2 heterocycles. The van der Waals surface area contributed by atoms with Crippen LogP contribution in [0.15, 0.2) is 72.3 Å². The van der Waals surface area contributed by atoms with Crippen LogP contribution >= 0.6 is 11.3 Å². The van der Waals surface area contributed by atoms with Crippen LogP contribution in [0.3, 0.4) is 0 Å². The van der Waals surface area contributed by atoms with E-state index in [0.29, 0.717) is 17.4 Å². The van der Waals surface area contributed by atoms with Gasteiger partial charge in [-0.05, 0) is 29.7 Å². The molecule has 0 bridgehead atoms. The summed E-state index contributed by atoms with van der Waals surface area (Å²) < 4.78 is 0. The number of para-hydroxylation sites is 1. The fourth-order valence-corrected chi connectivity index (χ4v) is 3.94. The Kier molecular flexibility index (Phi) is 6.54. The number of aromatic nitrogens is 2. The van der Waals surface area contributed by atoms with Gasteiger partial charge < -0.3 is 10.3 Å². The first kappa shape index (κ1) is 20.6. The molecule has 6 nitrogen and oxygen atoms in total. The number of H-pyrrole nitrogens is 1. The van der Waals surface area contributed by atoms with Crippen molar-refractivity contribution in [2.75, 3.05) is 11.9 Å². The molecule has 2 aromatic carbocycles. The topological polar surface area (TPSA) is 86.9 Å². The second kappa shape index (κ2) is 9.86. The summed E-state index contributed by atoms with van der Waals surface area (Å²) >= 11 is 1.30. The molecule has 0 spiro atoms. The molecule has 0 aliphatic carbocycles. The molecular formula is C24H22N4O2S. The lowest BCUT2D eigenvalue weighted by Gasteiger charge is -2.03. The summed E-state index contributed by atoms with van der Waals surface area (Å²) in [6.45, 7) is 0.554. The van der Waals surface area contributed by atoms with Gasteiger partial charge in [0, 0.05) is 35.1 Å². The summed E-state index contributed by atoms with van der Waals surface area (Å²) in [6, 6.07) is 17.7. The highest BCUT2D eigenvalue weighted by atomic mass is 32.1. The molecule has 0 unspecified atom stereocenters. The van der Waals surface area contributed by atoms with Gasteiger partial charge in [0.25, 0.3) is 0 Å². The van der Waals surface area contributed by atoms with E-state index in [9.17, 15) is 9.59 Å². The third-order valence-electron chi connectivity index (χ3n) is 4.74. The van der Waals surface area contributed by atoms with Crippen LogP contribution in [0.5, 0.6) is 0 Å². The minimum absolute atomic E-state index is 0.0907. The quantitative estimate of drug-likeness (QED) is 0.367. The third kappa shape index (κ3) is 5.67. The van der Waals surface area contributed by atoms with E-state index in [1.807, 2.05) is 54.7 Å². The molecule has 0 saturated heterocycles. The van der Waals surface area contributed by atoms with Gasteiger partial charge in [0.2, 0.25) is 11.8 Å². The first-order valence-electron chi connectivity index (χ1n) is 9.97. The van der Waals surface area contributed by atoms with Gasteiger partial charge in [0.1, 0.15) is 0 Å². The monoisotopic (exact) mass is 430 g/mol. The summed E-state index contributed by atoms with van der Waals surface area (Å²) in [6.07, 6.45) is 6.12. The van der Waals surface area contributed by atoms with Crippen LogP contribution in [0.1, 0.15) is 16.8 Å². The van der Waals surface area contributed by atoms with Crippen molar-refractivity contribution in [2.24, 2.45) is 0 Å². The summed E-state index contributed by atoms with van der Waals surface area (Å²) in [4.78, 5) is 31.9. The Balaban J connectivity index is 1.23. The number of carbonyl (C=O) groups excluding carboxylic acids is 2. The Morgan fingerprint density at radius 2 is 1.87 bits per heavy atom. The standard InChI is InChI=1S/C24H22N4O2S/c29-22(11-10-17-6-2-1-3-7-17)28-24-27-19(16-31-24)14-23(30)25-13-12-18-15-26-21-9-5-4-8-20(18)21/h1-11,15-16,26H,12-14H2,(H,25,30)(H,27,28,29)/b11-10+. The molecule has 2 amide bonds. The SMILES string of the molecule is O=C(/C=C/c1ccccc1)Nc1nc(CC(=O)NCCc2c[nH]c3ccccc23)cs1. The molecule has 31 heavy (non-hydrogen) atoms. The lowest BCUT2D eigenvalue weighted by Crippen LogP contribution is -2.27. The second-order valence-corrected chi connectivity index (χ2v) is 7.87. The van der Waals surface area contributed by atoms with Gasteiger partial charge >= 0.3 is 0 Å². The number of hydrogen-bond acceptors (Lipinski definition) is 4. The maximum absolute atomic E-state index is 12.2. The summed E-state index contributed by atoms with van der Waals surface area (Å²) in [7, 11) is 0. The van der Waals surface area contributed by atoms with Gasteiger partial charge in [-0.3, -0.25) is 14.9 Å². The largest absolute Gasteiger partial charge is 0.361 e. The zero-order valence-electron chi connectivity index (χ0n) is 16.8. The van der Waals surface area contributed by atoms with Crippen LogP contribution in [0.4, 0.5) is 5.13 Å². The lowest BCUT2D eigenvalue weighted by atomic mass is 10.1. The van der Waals surface area contributed by atoms with Gasteiger partial charge in [0.15, 0.2) is 5.13 Å². The molecule has 0 fully saturated rings. The minimum atomic E-state index is -0.257. The van der Waals surface area contributed by atoms with Crippen LogP contribution in [0, 0.1) is 0 Å². The van der Waals surface area contributed by atoms with Crippen molar-refractivity contribution >= 4 is 45.3 Å². The number of aromatic amines is 1. The van der Waals surface area contributed by atoms with Gasteiger partial charge in [-0.25, -0.2) is 4.98 Å². The summed E-state index contributed by atoms with van der Waals surface area (Å²) in [5.74, 6) is -0.347. The van der Waals surface area contributed by atoms with Crippen LogP contribution in [-0.4, -0.2) is 28.3 Å². The molecule has 7 heteroatoms. The maximum atomic E-state index is 12.2. The Labute approximate surface area is 184 Å². The van der Waals surface area contributed by atoms with Crippen molar-refractivity contribution in [3.05, 3.63) is 89.1 Å². The number of rotatable bonds is 8. The molecule has 0 aliphatic heterocycles. The maximum Gasteiger partial charge on any atom is 0.250 e. The zero-order valence-corrected chi connectivity index (χ0v) is 17.6. The van der Waals surface area contributed by atoms with E-state index in [1.165, 1.54) is 28.4 Å². The average molecular weight is 431 g/mol. The van der Waals surface area contributed by atoms with E-state index in [4.69, 9.17) is 0 Å². The van der Waals surface area contributed by atoms with E-state index in [0.717, 1.165) is 17.5 Å². The molecule has 0 saturated carbocycles. The van der Waals surface area contributed by atoms with E-state index in [2.05, 4.69) is 26.7 Å². The summed E-state index contributed by atoms with van der Waals surface area (Å²) in [5, 5.41) is 9.11. The number of hydrogen-bond donors (Lipinski definition) is 3. The van der Waals surface area contributed by atoms with Gasteiger partial charge in [0.05, 0.1) is 12.1 Å². The summed E-state index contributed by atoms with van der Waals surface area (Å²) in [5.41, 5.74) is 3.86. The van der Waals surface area contributed by atoms with Crippen molar-refractivity contribution in [1.82, 2.24) is 15.3 Å². The van der Waals surface area contributed by atoms with Crippen molar-refractivity contribution in [1.29, 1.82) is 0 Å². The van der Waals surface area contributed by atoms with E-state index in [-0.39, 0.29) is 18.2 Å². The number of nitrogens with one attached hydrogen (secondary N) is 3. The highest BCUT2D eigenvalue weighted by molar-refractivity contribution is 7.14. The smallest absolute Gasteiger partial charge is 0.250 e. The number of fused-ring (bicyclic) bond motifs is 1. The number of anilines is 1. The Bertz CT molecular complexity index is 1210. The lowest BCUT2D eigenvalue weighted by molar-refractivity contribution is -0.120.